The Kier molecular flexibility index (Phi) is 4.40. The first-order valence-electron chi connectivity index (χ1n) is 6.39. The van der Waals surface area contributed by atoms with Crippen LogP contribution in [0.4, 0.5) is 5.95 Å². The van der Waals surface area contributed by atoms with Crippen molar-refractivity contribution >= 4 is 5.95 Å². The third-order valence-corrected chi connectivity index (χ3v) is 2.91. The van der Waals surface area contributed by atoms with E-state index in [1.165, 1.54) is 0 Å². The monoisotopic (exact) mass is 273 g/mol. The van der Waals surface area contributed by atoms with Crippen molar-refractivity contribution in [1.29, 1.82) is 0 Å². The largest absolute Gasteiger partial charge is 0.497 e. The van der Waals surface area contributed by atoms with E-state index in [-0.39, 0.29) is 0 Å². The second-order valence-electron chi connectivity index (χ2n) is 4.51. The fourth-order valence-electron chi connectivity index (χ4n) is 1.98. The van der Waals surface area contributed by atoms with Gasteiger partial charge in [0.25, 0.3) is 0 Å². The molecule has 0 amide bonds. The van der Waals surface area contributed by atoms with Gasteiger partial charge in [-0.2, -0.15) is 0 Å². The minimum Gasteiger partial charge on any atom is -0.497 e. The minimum atomic E-state index is 0.593. The highest BCUT2D eigenvalue weighted by Gasteiger charge is 2.06. The number of rotatable bonds is 5. The summed E-state index contributed by atoms with van der Waals surface area (Å²) in [5.41, 5.74) is 2.92. The van der Waals surface area contributed by atoms with Gasteiger partial charge in [0, 0.05) is 29.6 Å². The molecule has 5 heteroatoms. The van der Waals surface area contributed by atoms with Crippen LogP contribution in [-0.2, 0) is 6.54 Å². The van der Waals surface area contributed by atoms with Gasteiger partial charge in [-0.15, -0.1) is 0 Å². The smallest absolute Gasteiger partial charge is 0.223 e. The van der Waals surface area contributed by atoms with Crippen LogP contribution < -0.4 is 14.8 Å². The molecule has 0 bridgehead atoms. The molecule has 2 rings (SSSR count). The molecular weight excluding hydrogens is 254 g/mol. The molecule has 1 N–H and O–H groups in total. The van der Waals surface area contributed by atoms with Crippen LogP contribution in [0, 0.1) is 13.8 Å². The van der Waals surface area contributed by atoms with E-state index in [0.29, 0.717) is 12.5 Å². The fraction of sp³-hybridized carbons (Fsp3) is 0.333. The number of methoxy groups -OCH3 is 2. The van der Waals surface area contributed by atoms with Gasteiger partial charge >= 0.3 is 0 Å². The SMILES string of the molecule is COc1ccc(CNc2nc(C)cc(C)n2)c(OC)c1. The van der Waals surface area contributed by atoms with Gasteiger partial charge in [-0.25, -0.2) is 9.97 Å². The van der Waals surface area contributed by atoms with E-state index in [1.54, 1.807) is 14.2 Å². The minimum absolute atomic E-state index is 0.593. The average Bonchev–Trinajstić information content (AvgIpc) is 2.44. The molecule has 20 heavy (non-hydrogen) atoms. The number of ether oxygens (including phenoxy) is 2. The van der Waals surface area contributed by atoms with Crippen LogP contribution in [0.1, 0.15) is 17.0 Å². The highest BCUT2D eigenvalue weighted by Crippen LogP contribution is 2.25. The first kappa shape index (κ1) is 14.1. The van der Waals surface area contributed by atoms with E-state index in [4.69, 9.17) is 9.47 Å². The summed E-state index contributed by atoms with van der Waals surface area (Å²) in [7, 11) is 3.28. The Hall–Kier alpha value is -2.30. The van der Waals surface area contributed by atoms with Gasteiger partial charge in [0.15, 0.2) is 0 Å². The molecule has 0 fully saturated rings. The second-order valence-corrected chi connectivity index (χ2v) is 4.51. The zero-order valence-electron chi connectivity index (χ0n) is 12.2. The summed E-state index contributed by atoms with van der Waals surface area (Å²) in [5.74, 6) is 2.18. The van der Waals surface area contributed by atoms with E-state index >= 15 is 0 Å². The number of anilines is 1. The van der Waals surface area contributed by atoms with Crippen LogP contribution in [0.15, 0.2) is 24.3 Å². The van der Waals surface area contributed by atoms with E-state index in [1.807, 2.05) is 38.1 Å². The number of benzene rings is 1. The van der Waals surface area contributed by atoms with Crippen molar-refractivity contribution in [2.24, 2.45) is 0 Å². The van der Waals surface area contributed by atoms with Crippen molar-refractivity contribution < 1.29 is 9.47 Å². The second kappa shape index (κ2) is 6.23. The van der Waals surface area contributed by atoms with Gasteiger partial charge in [0.05, 0.1) is 14.2 Å². The molecule has 0 aliphatic rings. The summed E-state index contributed by atoms with van der Waals surface area (Å²) in [6, 6.07) is 7.67. The molecule has 0 atom stereocenters. The van der Waals surface area contributed by atoms with Crippen molar-refractivity contribution in [3.05, 3.63) is 41.2 Å². The molecule has 2 aromatic rings. The number of hydrogen-bond donors (Lipinski definition) is 1. The van der Waals surface area contributed by atoms with E-state index < -0.39 is 0 Å². The van der Waals surface area contributed by atoms with Gasteiger partial charge in [-0.1, -0.05) is 0 Å². The molecule has 1 heterocycles. The predicted octanol–water partition coefficient (Wildman–Crippen LogP) is 2.72. The highest BCUT2D eigenvalue weighted by molar-refractivity contribution is 5.42. The molecule has 0 unspecified atom stereocenters. The number of aromatic nitrogens is 2. The standard InChI is InChI=1S/C15H19N3O2/c1-10-7-11(2)18-15(17-10)16-9-12-5-6-13(19-3)8-14(12)20-4/h5-8H,9H2,1-4H3,(H,16,17,18). The number of nitrogens with one attached hydrogen (secondary N) is 1. The molecule has 1 aromatic carbocycles. The molecular formula is C15H19N3O2. The van der Waals surface area contributed by atoms with Crippen LogP contribution in [-0.4, -0.2) is 24.2 Å². The lowest BCUT2D eigenvalue weighted by Crippen LogP contribution is -2.06. The lowest BCUT2D eigenvalue weighted by atomic mass is 10.2. The third kappa shape index (κ3) is 3.38. The van der Waals surface area contributed by atoms with Gasteiger partial charge < -0.3 is 14.8 Å². The molecule has 0 aliphatic heterocycles. The van der Waals surface area contributed by atoms with Crippen LogP contribution in [0.5, 0.6) is 11.5 Å². The van der Waals surface area contributed by atoms with Crippen molar-refractivity contribution in [2.75, 3.05) is 19.5 Å². The zero-order valence-corrected chi connectivity index (χ0v) is 12.2. The Morgan fingerprint density at radius 2 is 1.70 bits per heavy atom. The summed E-state index contributed by atoms with van der Waals surface area (Å²) in [6.07, 6.45) is 0. The molecule has 0 aliphatic carbocycles. The topological polar surface area (TPSA) is 56.3 Å². The zero-order chi connectivity index (χ0) is 14.5. The lowest BCUT2D eigenvalue weighted by molar-refractivity contribution is 0.391. The number of hydrogen-bond acceptors (Lipinski definition) is 5. The van der Waals surface area contributed by atoms with Crippen molar-refractivity contribution in [3.8, 4) is 11.5 Å². The number of nitrogens with zero attached hydrogens (tertiary/aromatic N) is 2. The normalized spacial score (nSPS) is 10.2. The van der Waals surface area contributed by atoms with Gasteiger partial charge in [0.2, 0.25) is 5.95 Å². The molecule has 0 radical (unpaired) electrons. The molecule has 1 aromatic heterocycles. The molecule has 0 spiro atoms. The van der Waals surface area contributed by atoms with Crippen molar-refractivity contribution in [2.45, 2.75) is 20.4 Å². The molecule has 0 saturated carbocycles. The fourth-order valence-corrected chi connectivity index (χ4v) is 1.98. The first-order valence-corrected chi connectivity index (χ1v) is 6.39. The molecule has 0 saturated heterocycles. The summed E-state index contributed by atoms with van der Waals surface area (Å²) < 4.78 is 10.5. The van der Waals surface area contributed by atoms with Crippen LogP contribution in [0.3, 0.4) is 0 Å². The average molecular weight is 273 g/mol. The van der Waals surface area contributed by atoms with Crippen molar-refractivity contribution in [3.63, 3.8) is 0 Å². The Labute approximate surface area is 119 Å². The summed E-state index contributed by atoms with van der Waals surface area (Å²) in [6.45, 7) is 4.50. The summed E-state index contributed by atoms with van der Waals surface area (Å²) in [4.78, 5) is 8.70. The summed E-state index contributed by atoms with van der Waals surface area (Å²) >= 11 is 0. The quantitative estimate of drug-likeness (QED) is 0.907. The van der Waals surface area contributed by atoms with Crippen LogP contribution in [0.25, 0.3) is 0 Å². The Balaban J connectivity index is 2.14. The lowest BCUT2D eigenvalue weighted by Gasteiger charge is -2.11. The first-order chi connectivity index (χ1) is 9.62. The van der Waals surface area contributed by atoms with Crippen LogP contribution >= 0.6 is 0 Å². The van der Waals surface area contributed by atoms with E-state index in [0.717, 1.165) is 28.5 Å². The molecule has 106 valence electrons. The maximum atomic E-state index is 5.36. The van der Waals surface area contributed by atoms with E-state index in [2.05, 4.69) is 15.3 Å². The number of aryl methyl sites for hydroxylation is 2. The Morgan fingerprint density at radius 1 is 1.00 bits per heavy atom. The summed E-state index contributed by atoms with van der Waals surface area (Å²) in [5, 5.41) is 3.21. The highest BCUT2D eigenvalue weighted by atomic mass is 16.5. The van der Waals surface area contributed by atoms with E-state index in [9.17, 15) is 0 Å². The third-order valence-electron chi connectivity index (χ3n) is 2.91. The van der Waals surface area contributed by atoms with Crippen molar-refractivity contribution in [1.82, 2.24) is 9.97 Å². The van der Waals surface area contributed by atoms with Crippen LogP contribution in [0.2, 0.25) is 0 Å². The molecule has 5 nitrogen and oxygen atoms in total. The van der Waals surface area contributed by atoms with Gasteiger partial charge in [0.1, 0.15) is 11.5 Å². The Morgan fingerprint density at radius 3 is 2.30 bits per heavy atom. The predicted molar refractivity (Wildman–Crippen MR) is 78.4 cm³/mol. The Bertz CT molecular complexity index is 579. The van der Waals surface area contributed by atoms with Gasteiger partial charge in [-0.3, -0.25) is 0 Å². The van der Waals surface area contributed by atoms with Gasteiger partial charge in [-0.05, 0) is 32.0 Å². The maximum Gasteiger partial charge on any atom is 0.223 e. The maximum absolute atomic E-state index is 5.36.